The van der Waals surface area contributed by atoms with Crippen LogP contribution in [0.1, 0.15) is 24.0 Å². The summed E-state index contributed by atoms with van der Waals surface area (Å²) in [4.78, 5) is 13.0. The fraction of sp³-hybridized carbons (Fsp3) is 0.316. The first-order valence-corrected chi connectivity index (χ1v) is 11.2. The predicted molar refractivity (Wildman–Crippen MR) is 111 cm³/mol. The zero-order valence-electron chi connectivity index (χ0n) is 15.0. The van der Waals surface area contributed by atoms with Gasteiger partial charge in [-0.2, -0.15) is 4.31 Å². The Balaban J connectivity index is 1.84. The molecule has 0 bridgehead atoms. The van der Waals surface area contributed by atoms with Gasteiger partial charge in [-0.05, 0) is 90.1 Å². The Morgan fingerprint density at radius 3 is 2.48 bits per heavy atom. The van der Waals surface area contributed by atoms with Crippen LogP contribution in [0.2, 0.25) is 5.02 Å². The van der Waals surface area contributed by atoms with Crippen molar-refractivity contribution in [3.8, 4) is 0 Å². The van der Waals surface area contributed by atoms with Crippen LogP contribution in [-0.4, -0.2) is 31.2 Å². The first-order chi connectivity index (χ1) is 12.7. The molecular formula is C19H20BrClN2O3S. The third-order valence-electron chi connectivity index (χ3n) is 4.77. The molecule has 1 saturated heterocycles. The Morgan fingerprint density at radius 1 is 1.19 bits per heavy atom. The Morgan fingerprint density at radius 2 is 1.81 bits per heavy atom. The number of halogens is 2. The predicted octanol–water partition coefficient (Wildman–Crippen LogP) is 4.51. The number of carbonyl (C=O) groups is 1. The van der Waals surface area contributed by atoms with Gasteiger partial charge >= 0.3 is 0 Å². The van der Waals surface area contributed by atoms with Crippen molar-refractivity contribution < 1.29 is 13.2 Å². The molecule has 2 aromatic rings. The normalized spacial score (nSPS) is 17.9. The van der Waals surface area contributed by atoms with Crippen molar-refractivity contribution in [2.45, 2.75) is 37.6 Å². The van der Waals surface area contributed by atoms with Crippen molar-refractivity contribution in [2.24, 2.45) is 0 Å². The van der Waals surface area contributed by atoms with E-state index in [-0.39, 0.29) is 10.8 Å². The number of rotatable bonds is 4. The van der Waals surface area contributed by atoms with E-state index in [1.54, 1.807) is 0 Å². The van der Waals surface area contributed by atoms with E-state index in [1.165, 1.54) is 28.6 Å². The van der Waals surface area contributed by atoms with Gasteiger partial charge in [0, 0.05) is 16.0 Å². The molecule has 0 aliphatic carbocycles. The SMILES string of the molecule is Cc1cc(Br)c(NC(=O)[C@H]2CCCN2S(=O)(=O)c2ccc(Cl)cc2)cc1C. The zero-order chi connectivity index (χ0) is 19.8. The number of anilines is 1. The molecule has 8 heteroatoms. The summed E-state index contributed by atoms with van der Waals surface area (Å²) < 4.78 is 28.0. The number of benzene rings is 2. The Kier molecular flexibility index (Phi) is 5.96. The zero-order valence-corrected chi connectivity index (χ0v) is 18.2. The molecule has 1 aliphatic rings. The quantitative estimate of drug-likeness (QED) is 0.713. The largest absolute Gasteiger partial charge is 0.324 e. The molecule has 3 rings (SSSR count). The molecule has 0 aromatic heterocycles. The van der Waals surface area contributed by atoms with Gasteiger partial charge in [-0.25, -0.2) is 8.42 Å². The van der Waals surface area contributed by atoms with Crippen molar-refractivity contribution in [1.82, 2.24) is 4.31 Å². The molecule has 0 unspecified atom stereocenters. The van der Waals surface area contributed by atoms with Gasteiger partial charge in [-0.15, -0.1) is 0 Å². The molecule has 144 valence electrons. The lowest BCUT2D eigenvalue weighted by Crippen LogP contribution is -2.43. The molecule has 1 fully saturated rings. The summed E-state index contributed by atoms with van der Waals surface area (Å²) in [6, 6.07) is 9.07. The first kappa shape index (κ1) is 20.3. The van der Waals surface area contributed by atoms with Gasteiger partial charge in [0.15, 0.2) is 0 Å². The van der Waals surface area contributed by atoms with E-state index in [1.807, 2.05) is 26.0 Å². The Bertz CT molecular complexity index is 977. The third-order valence-corrected chi connectivity index (χ3v) is 7.60. The first-order valence-electron chi connectivity index (χ1n) is 8.55. The van der Waals surface area contributed by atoms with Gasteiger partial charge in [0.25, 0.3) is 0 Å². The second-order valence-corrected chi connectivity index (χ2v) is 9.81. The lowest BCUT2D eigenvalue weighted by Gasteiger charge is -2.24. The van der Waals surface area contributed by atoms with Crippen LogP contribution in [0.15, 0.2) is 45.8 Å². The molecule has 0 spiro atoms. The number of aryl methyl sites for hydroxylation is 2. The van der Waals surface area contributed by atoms with Crippen LogP contribution in [0.25, 0.3) is 0 Å². The van der Waals surface area contributed by atoms with Crippen molar-refractivity contribution in [1.29, 1.82) is 0 Å². The summed E-state index contributed by atoms with van der Waals surface area (Å²) in [6.45, 7) is 4.27. The van der Waals surface area contributed by atoms with Gasteiger partial charge in [-0.1, -0.05) is 11.6 Å². The molecule has 5 nitrogen and oxygen atoms in total. The molecule has 27 heavy (non-hydrogen) atoms. The minimum Gasteiger partial charge on any atom is -0.324 e. The maximum atomic E-state index is 13.0. The van der Waals surface area contributed by atoms with E-state index in [9.17, 15) is 13.2 Å². The van der Waals surface area contributed by atoms with Gasteiger partial charge in [-0.3, -0.25) is 4.79 Å². The number of sulfonamides is 1. The molecule has 1 heterocycles. The van der Waals surface area contributed by atoms with Crippen molar-refractivity contribution in [3.05, 3.63) is 57.0 Å². The monoisotopic (exact) mass is 470 g/mol. The van der Waals surface area contributed by atoms with Crippen LogP contribution in [-0.2, 0) is 14.8 Å². The summed E-state index contributed by atoms with van der Waals surface area (Å²) in [5.41, 5.74) is 2.79. The van der Waals surface area contributed by atoms with E-state index in [0.717, 1.165) is 15.6 Å². The van der Waals surface area contributed by atoms with Gasteiger partial charge < -0.3 is 5.32 Å². The molecule has 2 aromatic carbocycles. The average molecular weight is 472 g/mol. The fourth-order valence-corrected chi connectivity index (χ4v) is 5.46. The number of carbonyl (C=O) groups excluding carboxylic acids is 1. The Labute approximate surface area is 172 Å². The van der Waals surface area contributed by atoms with Crippen molar-refractivity contribution in [2.75, 3.05) is 11.9 Å². The standard InChI is InChI=1S/C19H20BrClN2O3S/c1-12-10-16(20)17(11-13(12)2)22-19(24)18-4-3-9-23(18)27(25,26)15-7-5-14(21)6-8-15/h5-8,10-11,18H,3-4,9H2,1-2H3,(H,22,24)/t18-/m1/s1. The topological polar surface area (TPSA) is 66.5 Å². The van der Waals surface area contributed by atoms with Crippen molar-refractivity contribution in [3.63, 3.8) is 0 Å². The van der Waals surface area contributed by atoms with E-state index in [4.69, 9.17) is 11.6 Å². The maximum absolute atomic E-state index is 13.0. The summed E-state index contributed by atoms with van der Waals surface area (Å²) in [6.07, 6.45) is 1.13. The highest BCUT2D eigenvalue weighted by molar-refractivity contribution is 9.10. The van der Waals surface area contributed by atoms with Crippen LogP contribution >= 0.6 is 27.5 Å². The van der Waals surface area contributed by atoms with E-state index < -0.39 is 16.1 Å². The summed E-state index contributed by atoms with van der Waals surface area (Å²) in [7, 11) is -3.76. The highest BCUT2D eigenvalue weighted by Crippen LogP contribution is 2.30. The van der Waals surface area contributed by atoms with Crippen LogP contribution < -0.4 is 5.32 Å². The summed E-state index contributed by atoms with van der Waals surface area (Å²) >= 11 is 9.31. The lowest BCUT2D eigenvalue weighted by atomic mass is 10.1. The highest BCUT2D eigenvalue weighted by Gasteiger charge is 2.39. The van der Waals surface area contributed by atoms with Crippen LogP contribution in [0.3, 0.4) is 0 Å². The molecule has 1 atom stereocenters. The summed E-state index contributed by atoms with van der Waals surface area (Å²) in [5, 5.41) is 3.33. The molecule has 1 N–H and O–H groups in total. The smallest absolute Gasteiger partial charge is 0.243 e. The molecule has 1 amide bonds. The van der Waals surface area contributed by atoms with Crippen molar-refractivity contribution >= 4 is 49.1 Å². The summed E-state index contributed by atoms with van der Waals surface area (Å²) in [5.74, 6) is -0.325. The van der Waals surface area contributed by atoms with E-state index in [0.29, 0.717) is 30.1 Å². The second kappa shape index (κ2) is 7.91. The minimum absolute atomic E-state index is 0.138. The second-order valence-electron chi connectivity index (χ2n) is 6.63. The fourth-order valence-electron chi connectivity index (χ4n) is 3.12. The number of amides is 1. The number of hydrogen-bond donors (Lipinski definition) is 1. The third kappa shape index (κ3) is 4.21. The Hall–Kier alpha value is -1.41. The van der Waals surface area contributed by atoms with Gasteiger partial charge in [0.1, 0.15) is 6.04 Å². The molecular weight excluding hydrogens is 452 g/mol. The van der Waals surface area contributed by atoms with E-state index in [2.05, 4.69) is 21.2 Å². The lowest BCUT2D eigenvalue weighted by molar-refractivity contribution is -0.119. The number of hydrogen-bond acceptors (Lipinski definition) is 3. The van der Waals surface area contributed by atoms with Crippen LogP contribution in [0, 0.1) is 13.8 Å². The molecule has 0 saturated carbocycles. The van der Waals surface area contributed by atoms with Gasteiger partial charge in [0.2, 0.25) is 15.9 Å². The van der Waals surface area contributed by atoms with Crippen LogP contribution in [0.5, 0.6) is 0 Å². The molecule has 0 radical (unpaired) electrons. The highest BCUT2D eigenvalue weighted by atomic mass is 79.9. The maximum Gasteiger partial charge on any atom is 0.243 e. The van der Waals surface area contributed by atoms with E-state index >= 15 is 0 Å². The van der Waals surface area contributed by atoms with Crippen LogP contribution in [0.4, 0.5) is 5.69 Å². The number of nitrogens with zero attached hydrogens (tertiary/aromatic N) is 1. The van der Waals surface area contributed by atoms with Gasteiger partial charge in [0.05, 0.1) is 10.6 Å². The average Bonchev–Trinajstić information content (AvgIpc) is 3.11. The molecule has 1 aliphatic heterocycles. The number of nitrogens with one attached hydrogen (secondary N) is 1. The minimum atomic E-state index is -3.76.